The van der Waals surface area contributed by atoms with Crippen LogP contribution in [-0.2, 0) is 24.3 Å². The van der Waals surface area contributed by atoms with E-state index in [1.807, 2.05) is 0 Å². The molecule has 1 aliphatic carbocycles. The summed E-state index contributed by atoms with van der Waals surface area (Å²) in [6.07, 6.45) is 4.61. The molecule has 3 amide bonds. The first-order valence-electron chi connectivity index (χ1n) is 13.4. The number of carbonyl (C=O) groups is 3. The maximum atomic E-state index is 15.4. The highest BCUT2D eigenvalue weighted by Gasteiger charge is 2.35. The van der Waals surface area contributed by atoms with Crippen molar-refractivity contribution in [3.8, 4) is 16.8 Å². The molecule has 15 heteroatoms. The smallest absolute Gasteiger partial charge is 0.254 e. The summed E-state index contributed by atoms with van der Waals surface area (Å²) in [7, 11) is -1.73. The van der Waals surface area contributed by atoms with Crippen LogP contribution in [0, 0.1) is 5.82 Å². The normalized spacial score (nSPS) is 14.4. The quantitative estimate of drug-likeness (QED) is 0.147. The van der Waals surface area contributed by atoms with Gasteiger partial charge in [-0.1, -0.05) is 22.1 Å². The third-order valence-corrected chi connectivity index (χ3v) is 11.0. The van der Waals surface area contributed by atoms with E-state index in [0.29, 0.717) is 21.5 Å². The summed E-state index contributed by atoms with van der Waals surface area (Å²) in [5.74, 6) is -1.92. The van der Waals surface area contributed by atoms with Crippen LogP contribution in [0.15, 0.2) is 42.6 Å². The Morgan fingerprint density at radius 3 is 2.58 bits per heavy atom. The fraction of sp³-hybridized carbons (Fsp3) is 0.321. The summed E-state index contributed by atoms with van der Waals surface area (Å²) < 4.78 is 36.2. The number of hydrogen-bond donors (Lipinski definition) is 5. The molecule has 0 spiro atoms. The van der Waals surface area contributed by atoms with Gasteiger partial charge in [-0.05, 0) is 42.9 Å². The van der Waals surface area contributed by atoms with Gasteiger partial charge >= 0.3 is 0 Å². The number of fused-ring (bicyclic) bond motifs is 1. The molecule has 2 aromatic carbocycles. The molecule has 2 aromatic heterocycles. The van der Waals surface area contributed by atoms with Gasteiger partial charge < -0.3 is 26.8 Å². The summed E-state index contributed by atoms with van der Waals surface area (Å²) >= 11 is 1.15. The topological polar surface area (TPSA) is 184 Å². The largest absolute Gasteiger partial charge is 0.384 e. The van der Waals surface area contributed by atoms with Crippen LogP contribution in [0.2, 0.25) is 0 Å². The number of aromatic nitrogens is 3. The number of primary amides is 1. The van der Waals surface area contributed by atoms with Gasteiger partial charge in [0.2, 0.25) is 11.8 Å². The highest BCUT2D eigenvalue weighted by Crippen LogP contribution is 2.37. The highest BCUT2D eigenvalue weighted by molar-refractivity contribution is 8.03. The molecule has 5 rings (SSSR count). The number of hydrogen-bond acceptors (Lipinski definition) is 9. The number of benzene rings is 2. The van der Waals surface area contributed by atoms with Gasteiger partial charge in [-0.2, -0.15) is 5.10 Å². The van der Waals surface area contributed by atoms with Gasteiger partial charge in [-0.3, -0.25) is 18.6 Å². The average molecular weight is 630 g/mol. The number of halogens is 1. The van der Waals surface area contributed by atoms with Crippen molar-refractivity contribution in [1.82, 2.24) is 25.4 Å². The van der Waals surface area contributed by atoms with E-state index in [9.17, 15) is 18.6 Å². The van der Waals surface area contributed by atoms with E-state index in [-0.39, 0.29) is 52.8 Å². The zero-order valence-corrected chi connectivity index (χ0v) is 25.2. The monoisotopic (exact) mass is 629 g/mol. The van der Waals surface area contributed by atoms with Crippen LogP contribution < -0.4 is 22.1 Å². The van der Waals surface area contributed by atoms with E-state index in [4.69, 9.17) is 16.2 Å². The lowest BCUT2D eigenvalue weighted by atomic mass is 10.0. The molecule has 0 aliphatic heterocycles. The molecule has 4 aromatic rings. The predicted molar refractivity (Wildman–Crippen MR) is 164 cm³/mol. The Bertz CT molecular complexity index is 1750. The number of rotatable bonds is 12. The summed E-state index contributed by atoms with van der Waals surface area (Å²) in [5, 5.41) is 8.65. The van der Waals surface area contributed by atoms with Crippen molar-refractivity contribution in [3.05, 3.63) is 59.0 Å². The number of carbonyl (C=O) groups excluding carboxylic acids is 3. The highest BCUT2D eigenvalue weighted by atomic mass is 32.2. The van der Waals surface area contributed by atoms with Crippen LogP contribution in [0.4, 0.5) is 10.2 Å². The first kappa shape index (κ1) is 30.3. The molecule has 1 atom stereocenters. The number of amides is 3. The van der Waals surface area contributed by atoms with E-state index in [1.165, 1.54) is 30.3 Å². The SMILES string of the molecule is COCC[SH](C)(=O)C(C(=O)NCC(=O)NC1CC1)c1nc2cc(F)c(-c3ccc(-n4ncc(C(N)=O)c4N)cc3)cc2s1. The molecular weight excluding hydrogens is 597 g/mol. The Morgan fingerprint density at radius 1 is 1.23 bits per heavy atom. The lowest BCUT2D eigenvalue weighted by Gasteiger charge is -2.26. The third kappa shape index (κ3) is 6.58. The van der Waals surface area contributed by atoms with Crippen molar-refractivity contribution in [3.63, 3.8) is 0 Å². The Labute approximate surface area is 251 Å². The van der Waals surface area contributed by atoms with Crippen molar-refractivity contribution in [1.29, 1.82) is 0 Å². The van der Waals surface area contributed by atoms with E-state index in [2.05, 4.69) is 20.7 Å². The first-order chi connectivity index (χ1) is 20.5. The number of nitrogen functional groups attached to an aromatic ring is 1. The summed E-state index contributed by atoms with van der Waals surface area (Å²) in [6.45, 7) is -0.0722. The number of thiol groups is 1. The molecule has 0 saturated heterocycles. The Balaban J connectivity index is 1.43. The standard InChI is InChI=1S/C28H32FN7O5S2/c1-41-9-10-43(2,40)24(27(39)32-14-23(37)34-16-5-6-16)28-35-21-12-20(29)18(11-22(21)42-28)15-3-7-17(8-4-15)36-25(30)19(13-33-36)26(31)38/h3-4,7-8,11-13,16,24,43H,5-6,9-10,14,30H2,1-2H3,(H2,31,38)(H,32,39)(H,34,37). The Hall–Kier alpha value is -4.21. The van der Waals surface area contributed by atoms with E-state index >= 15 is 4.39 Å². The summed E-state index contributed by atoms with van der Waals surface area (Å²) in [5.41, 5.74) is 13.1. The zero-order valence-electron chi connectivity index (χ0n) is 23.5. The minimum atomic E-state index is -3.21. The minimum absolute atomic E-state index is 0.0888. The number of thiazole rings is 1. The maximum Gasteiger partial charge on any atom is 0.254 e. The molecule has 1 aliphatic rings. The van der Waals surface area contributed by atoms with Gasteiger partial charge in [0.05, 0.1) is 35.3 Å². The van der Waals surface area contributed by atoms with Crippen molar-refractivity contribution >= 4 is 55.0 Å². The van der Waals surface area contributed by atoms with E-state index in [1.54, 1.807) is 30.3 Å². The van der Waals surface area contributed by atoms with Crippen LogP contribution >= 0.6 is 11.3 Å². The number of nitrogens with zero attached hydrogens (tertiary/aromatic N) is 3. The molecule has 1 saturated carbocycles. The van der Waals surface area contributed by atoms with Crippen LogP contribution in [0.3, 0.4) is 0 Å². The number of nitrogens with one attached hydrogen (secondary N) is 2. The summed E-state index contributed by atoms with van der Waals surface area (Å²) in [6, 6.07) is 9.75. The second kappa shape index (κ2) is 12.2. The van der Waals surface area contributed by atoms with Gasteiger partial charge in [-0.15, -0.1) is 11.3 Å². The molecular formula is C28H32FN7O5S2. The first-order valence-corrected chi connectivity index (χ1v) is 16.7. The second-order valence-corrected chi connectivity index (χ2v) is 14.8. The third-order valence-electron chi connectivity index (χ3n) is 7.12. The molecule has 1 fully saturated rings. The van der Waals surface area contributed by atoms with E-state index < -0.39 is 32.8 Å². The van der Waals surface area contributed by atoms with Gasteiger partial charge in [0.1, 0.15) is 27.5 Å². The zero-order chi connectivity index (χ0) is 30.9. The van der Waals surface area contributed by atoms with Crippen molar-refractivity contribution in [2.75, 3.05) is 38.0 Å². The maximum absolute atomic E-state index is 15.4. The molecule has 1 unspecified atom stereocenters. The fourth-order valence-corrected chi connectivity index (χ4v) is 8.32. The van der Waals surface area contributed by atoms with Crippen LogP contribution in [0.5, 0.6) is 0 Å². The lowest BCUT2D eigenvalue weighted by Crippen LogP contribution is -2.43. The van der Waals surface area contributed by atoms with Crippen molar-refractivity contribution in [2.24, 2.45) is 5.73 Å². The lowest BCUT2D eigenvalue weighted by molar-refractivity contribution is -0.126. The average Bonchev–Trinajstić information content (AvgIpc) is 3.55. The minimum Gasteiger partial charge on any atom is -0.384 e. The van der Waals surface area contributed by atoms with Gasteiger partial charge in [0.15, 0.2) is 0 Å². The van der Waals surface area contributed by atoms with Gasteiger partial charge in [0.25, 0.3) is 5.91 Å². The van der Waals surface area contributed by atoms with Crippen molar-refractivity contribution < 1.29 is 27.7 Å². The number of ether oxygens (including phenoxy) is 1. The van der Waals surface area contributed by atoms with Crippen molar-refractivity contribution in [2.45, 2.75) is 24.1 Å². The van der Waals surface area contributed by atoms with Gasteiger partial charge in [-0.25, -0.2) is 14.1 Å². The summed E-state index contributed by atoms with van der Waals surface area (Å²) in [4.78, 5) is 41.5. The number of methoxy groups -OCH3 is 1. The molecule has 6 N–H and O–H groups in total. The second-order valence-electron chi connectivity index (χ2n) is 10.5. The number of nitrogens with two attached hydrogens (primary N) is 2. The van der Waals surface area contributed by atoms with Crippen LogP contribution in [0.1, 0.15) is 33.5 Å². The van der Waals surface area contributed by atoms with Gasteiger partial charge in [0, 0.05) is 30.5 Å². The molecule has 43 heavy (non-hydrogen) atoms. The van der Waals surface area contributed by atoms with Crippen LogP contribution in [0.25, 0.3) is 27.0 Å². The number of anilines is 1. The predicted octanol–water partition coefficient (Wildman–Crippen LogP) is 1.70. The Morgan fingerprint density at radius 2 is 1.95 bits per heavy atom. The van der Waals surface area contributed by atoms with Crippen LogP contribution in [-0.4, -0.2) is 75.0 Å². The van der Waals surface area contributed by atoms with E-state index in [0.717, 1.165) is 24.2 Å². The fourth-order valence-electron chi connectivity index (χ4n) is 4.61. The molecule has 12 nitrogen and oxygen atoms in total. The molecule has 228 valence electrons. The molecule has 2 heterocycles. The Kier molecular flexibility index (Phi) is 8.57. The molecule has 0 radical (unpaired) electrons. The molecule has 0 bridgehead atoms.